The molecule has 2 aliphatic rings. The van der Waals surface area contributed by atoms with E-state index in [1.807, 2.05) is 0 Å². The first-order chi connectivity index (χ1) is 15.2. The summed E-state index contributed by atoms with van der Waals surface area (Å²) in [5.74, 6) is -0.811. The molecule has 2 aromatic carbocycles. The van der Waals surface area contributed by atoms with Gasteiger partial charge in [0.15, 0.2) is 11.5 Å². The molecule has 1 saturated heterocycles. The number of fused-ring (bicyclic) bond motifs is 1. The van der Waals surface area contributed by atoms with E-state index in [1.165, 1.54) is 30.3 Å². The first-order valence-electron chi connectivity index (χ1n) is 9.89. The molecule has 32 heavy (non-hydrogen) atoms. The lowest BCUT2D eigenvalue weighted by Gasteiger charge is -2.40. The quantitative estimate of drug-likeness (QED) is 0.266. The van der Waals surface area contributed by atoms with E-state index in [1.54, 1.807) is 0 Å². The normalized spacial score (nSPS) is 32.1. The van der Waals surface area contributed by atoms with Gasteiger partial charge < -0.3 is 55.1 Å². The maximum atomic E-state index is 10.7. The zero-order chi connectivity index (χ0) is 23.2. The summed E-state index contributed by atoms with van der Waals surface area (Å²) >= 11 is 0. The number of ether oxygens (including phenoxy) is 3. The van der Waals surface area contributed by atoms with E-state index >= 15 is 0 Å². The topological polar surface area (TPSA) is 190 Å². The zero-order valence-corrected chi connectivity index (χ0v) is 16.6. The second-order valence-corrected chi connectivity index (χ2v) is 7.79. The Labute approximate surface area is 181 Å². The highest BCUT2D eigenvalue weighted by atomic mass is 16.7. The average Bonchev–Trinajstić information content (AvgIpc) is 2.76. The third-order valence-corrected chi connectivity index (χ3v) is 5.59. The molecule has 0 amide bonds. The van der Waals surface area contributed by atoms with Crippen LogP contribution in [0.4, 0.5) is 0 Å². The molecule has 0 aromatic heterocycles. The summed E-state index contributed by atoms with van der Waals surface area (Å²) in [7, 11) is 0. The maximum Gasteiger partial charge on any atom is 0.229 e. The predicted octanol–water partition coefficient (Wildman–Crippen LogP) is -0.981. The number of phenols is 3. The van der Waals surface area contributed by atoms with Gasteiger partial charge in [0.2, 0.25) is 6.29 Å². The molecule has 4 rings (SSSR count). The number of benzene rings is 2. The van der Waals surface area contributed by atoms with Gasteiger partial charge in [-0.3, -0.25) is 0 Å². The number of hydrogen-bond donors (Lipinski definition) is 8. The molecule has 1 fully saturated rings. The van der Waals surface area contributed by atoms with E-state index in [0.29, 0.717) is 11.1 Å². The molecule has 174 valence electrons. The standard InChI is InChI=1S/C21H24O11/c22-7-16-17(27)18(28)19(29)21(32-16)31-15-5-9(23)4-14-10(15)6-13(26)20(30-14)8-1-2-11(24)12(25)3-8/h1-5,13,16-29H,6-7H2/t13-,16-,17-,18-,19-,20-,21-/m0/s1. The van der Waals surface area contributed by atoms with E-state index in [4.69, 9.17) is 14.2 Å². The first kappa shape index (κ1) is 22.4. The Kier molecular flexibility index (Phi) is 6.03. The van der Waals surface area contributed by atoms with Gasteiger partial charge in [-0.25, -0.2) is 0 Å². The zero-order valence-electron chi connectivity index (χ0n) is 16.6. The molecule has 7 atom stereocenters. The molecule has 2 aromatic rings. The molecule has 11 nitrogen and oxygen atoms in total. The third kappa shape index (κ3) is 4.01. The van der Waals surface area contributed by atoms with Crippen molar-refractivity contribution in [1.29, 1.82) is 0 Å². The fraction of sp³-hybridized carbons (Fsp3) is 0.429. The second kappa shape index (κ2) is 8.62. The number of rotatable bonds is 4. The molecule has 11 heteroatoms. The number of phenolic OH excluding ortho intramolecular Hbond substituents is 3. The largest absolute Gasteiger partial charge is 0.508 e. The van der Waals surface area contributed by atoms with Crippen molar-refractivity contribution in [2.45, 2.75) is 49.3 Å². The molecule has 0 unspecified atom stereocenters. The summed E-state index contributed by atoms with van der Waals surface area (Å²) in [6, 6.07) is 6.49. The van der Waals surface area contributed by atoms with Crippen LogP contribution in [-0.2, 0) is 11.2 Å². The molecule has 0 radical (unpaired) electrons. The Balaban J connectivity index is 1.62. The van der Waals surface area contributed by atoms with Gasteiger partial charge in [-0.1, -0.05) is 6.07 Å². The van der Waals surface area contributed by atoms with Crippen molar-refractivity contribution in [2.24, 2.45) is 0 Å². The Bertz CT molecular complexity index is 978. The van der Waals surface area contributed by atoms with Gasteiger partial charge in [-0.2, -0.15) is 0 Å². The van der Waals surface area contributed by atoms with E-state index in [-0.39, 0.29) is 35.2 Å². The highest BCUT2D eigenvalue weighted by Gasteiger charge is 2.45. The van der Waals surface area contributed by atoms with Crippen molar-refractivity contribution in [3.05, 3.63) is 41.5 Å². The maximum absolute atomic E-state index is 10.7. The highest BCUT2D eigenvalue weighted by Crippen LogP contribution is 2.44. The fourth-order valence-corrected chi connectivity index (χ4v) is 3.85. The summed E-state index contributed by atoms with van der Waals surface area (Å²) < 4.78 is 16.8. The second-order valence-electron chi connectivity index (χ2n) is 7.79. The molecule has 0 spiro atoms. The summed E-state index contributed by atoms with van der Waals surface area (Å²) in [4.78, 5) is 0. The fourth-order valence-electron chi connectivity index (χ4n) is 3.85. The number of hydrogen-bond acceptors (Lipinski definition) is 11. The van der Waals surface area contributed by atoms with Crippen LogP contribution < -0.4 is 9.47 Å². The molecule has 2 heterocycles. The van der Waals surface area contributed by atoms with Crippen molar-refractivity contribution in [2.75, 3.05) is 6.61 Å². The van der Waals surface area contributed by atoms with E-state index < -0.39 is 49.5 Å². The minimum absolute atomic E-state index is 0.00428. The lowest BCUT2D eigenvalue weighted by Crippen LogP contribution is -2.60. The van der Waals surface area contributed by atoms with Gasteiger partial charge in [-0.15, -0.1) is 0 Å². The number of aromatic hydroxyl groups is 3. The van der Waals surface area contributed by atoms with Crippen LogP contribution in [-0.4, -0.2) is 84.3 Å². The molecule has 8 N–H and O–H groups in total. The van der Waals surface area contributed by atoms with E-state index in [0.717, 1.165) is 0 Å². The van der Waals surface area contributed by atoms with Gasteiger partial charge in [0.05, 0.1) is 12.7 Å². The SMILES string of the molecule is OC[C@@H]1O[C@H](Oc2cc(O)cc3c2C[C@H](O)[C@H](c2ccc(O)c(O)c2)O3)[C@@H](O)[C@@H](O)[C@H]1O. The van der Waals surface area contributed by atoms with Crippen LogP contribution in [0.3, 0.4) is 0 Å². The van der Waals surface area contributed by atoms with Gasteiger partial charge in [-0.05, 0) is 17.7 Å². The summed E-state index contributed by atoms with van der Waals surface area (Å²) in [5, 5.41) is 79.5. The molecule has 0 saturated carbocycles. The number of aliphatic hydroxyl groups is 5. The predicted molar refractivity (Wildman–Crippen MR) is 105 cm³/mol. The van der Waals surface area contributed by atoms with E-state index in [2.05, 4.69) is 0 Å². The number of aliphatic hydroxyl groups excluding tert-OH is 5. The van der Waals surface area contributed by atoms with Crippen LogP contribution >= 0.6 is 0 Å². The Hall–Kier alpha value is -2.80. The van der Waals surface area contributed by atoms with Crippen LogP contribution in [0.2, 0.25) is 0 Å². The summed E-state index contributed by atoms with van der Waals surface area (Å²) in [5.41, 5.74) is 0.727. The first-order valence-corrected chi connectivity index (χ1v) is 9.89. The lowest BCUT2D eigenvalue weighted by molar-refractivity contribution is -0.277. The summed E-state index contributed by atoms with van der Waals surface area (Å²) in [6.45, 7) is -0.633. The van der Waals surface area contributed by atoms with Crippen LogP contribution in [0.25, 0.3) is 0 Å². The van der Waals surface area contributed by atoms with Crippen molar-refractivity contribution in [1.82, 2.24) is 0 Å². The van der Waals surface area contributed by atoms with Crippen LogP contribution in [0.1, 0.15) is 17.2 Å². The van der Waals surface area contributed by atoms with Gasteiger partial charge >= 0.3 is 0 Å². The third-order valence-electron chi connectivity index (χ3n) is 5.59. The lowest BCUT2D eigenvalue weighted by atomic mass is 9.93. The summed E-state index contributed by atoms with van der Waals surface area (Å²) in [6.07, 6.45) is -9.56. The van der Waals surface area contributed by atoms with Crippen LogP contribution in [0.15, 0.2) is 30.3 Å². The van der Waals surface area contributed by atoms with Crippen LogP contribution in [0.5, 0.6) is 28.7 Å². The smallest absolute Gasteiger partial charge is 0.229 e. The van der Waals surface area contributed by atoms with Gasteiger partial charge in [0.25, 0.3) is 0 Å². The van der Waals surface area contributed by atoms with Gasteiger partial charge in [0, 0.05) is 24.1 Å². The van der Waals surface area contributed by atoms with Crippen molar-refractivity contribution in [3.8, 4) is 28.7 Å². The minimum Gasteiger partial charge on any atom is -0.508 e. The molecule has 2 aliphatic heterocycles. The minimum atomic E-state index is -1.66. The highest BCUT2D eigenvalue weighted by molar-refractivity contribution is 5.52. The van der Waals surface area contributed by atoms with Gasteiger partial charge in [0.1, 0.15) is 47.8 Å². The molecule has 0 aliphatic carbocycles. The van der Waals surface area contributed by atoms with Crippen LogP contribution in [0, 0.1) is 0 Å². The Morgan fingerprint density at radius 2 is 1.66 bits per heavy atom. The Morgan fingerprint density at radius 3 is 2.34 bits per heavy atom. The van der Waals surface area contributed by atoms with Crippen molar-refractivity contribution in [3.63, 3.8) is 0 Å². The monoisotopic (exact) mass is 452 g/mol. The molecular formula is C21H24O11. The Morgan fingerprint density at radius 1 is 0.906 bits per heavy atom. The van der Waals surface area contributed by atoms with Crippen molar-refractivity contribution >= 4 is 0 Å². The molecular weight excluding hydrogens is 428 g/mol. The van der Waals surface area contributed by atoms with E-state index in [9.17, 15) is 40.9 Å². The average molecular weight is 452 g/mol. The van der Waals surface area contributed by atoms with Crippen molar-refractivity contribution < 1.29 is 55.1 Å². The molecule has 0 bridgehead atoms.